The van der Waals surface area contributed by atoms with Gasteiger partial charge in [0.2, 0.25) is 0 Å². The van der Waals surface area contributed by atoms with E-state index in [4.69, 9.17) is 11.6 Å². The van der Waals surface area contributed by atoms with Crippen LogP contribution in [0, 0.1) is 0 Å². The maximum atomic E-state index is 6.02. The molecule has 0 amide bonds. The van der Waals surface area contributed by atoms with Gasteiger partial charge in [0, 0.05) is 25.7 Å². The van der Waals surface area contributed by atoms with Gasteiger partial charge in [-0.15, -0.1) is 0 Å². The molecule has 76 valence electrons. The highest BCUT2D eigenvalue weighted by Crippen LogP contribution is 2.21. The molecular weight excluding hydrogens is 200 g/mol. The molecule has 1 aliphatic rings. The molecule has 0 unspecified atom stereocenters. The summed E-state index contributed by atoms with van der Waals surface area (Å²) in [6.45, 7) is 5.01. The van der Waals surface area contributed by atoms with Crippen LogP contribution in [0.25, 0.3) is 0 Å². The first-order valence-corrected chi connectivity index (χ1v) is 5.09. The quantitative estimate of drug-likeness (QED) is 0.752. The SMILES string of the molecule is C[C@H]1CN(c2ncncc2Cl)CCN1. The Morgan fingerprint density at radius 1 is 1.64 bits per heavy atom. The van der Waals surface area contributed by atoms with Gasteiger partial charge in [-0.1, -0.05) is 11.6 Å². The van der Waals surface area contributed by atoms with Crippen molar-refractivity contribution in [2.75, 3.05) is 24.5 Å². The van der Waals surface area contributed by atoms with Gasteiger partial charge < -0.3 is 10.2 Å². The number of halogens is 1. The summed E-state index contributed by atoms with van der Waals surface area (Å²) >= 11 is 6.02. The number of anilines is 1. The Morgan fingerprint density at radius 2 is 2.50 bits per heavy atom. The zero-order valence-electron chi connectivity index (χ0n) is 8.07. The van der Waals surface area contributed by atoms with E-state index in [1.54, 1.807) is 6.20 Å². The molecule has 4 nitrogen and oxygen atoms in total. The lowest BCUT2D eigenvalue weighted by Crippen LogP contribution is -2.49. The molecule has 0 spiro atoms. The van der Waals surface area contributed by atoms with E-state index in [-0.39, 0.29) is 0 Å². The Balaban J connectivity index is 2.18. The molecular formula is C9H13ClN4. The third-order valence-corrected chi connectivity index (χ3v) is 2.58. The molecule has 5 heteroatoms. The number of nitrogens with one attached hydrogen (secondary N) is 1. The van der Waals surface area contributed by atoms with Crippen molar-refractivity contribution in [3.63, 3.8) is 0 Å². The van der Waals surface area contributed by atoms with Crippen molar-refractivity contribution in [3.8, 4) is 0 Å². The standard InChI is InChI=1S/C9H13ClN4/c1-7-5-14(3-2-12-7)9-8(10)4-11-6-13-9/h4,6-7,12H,2-3,5H2,1H3/t7-/m0/s1. The third kappa shape index (κ3) is 1.96. The average molecular weight is 213 g/mol. The van der Waals surface area contributed by atoms with Gasteiger partial charge in [0.15, 0.2) is 5.82 Å². The second kappa shape index (κ2) is 4.11. The Morgan fingerprint density at radius 3 is 3.21 bits per heavy atom. The molecule has 1 fully saturated rings. The molecule has 0 saturated carbocycles. The van der Waals surface area contributed by atoms with Crippen molar-refractivity contribution in [3.05, 3.63) is 17.5 Å². The minimum Gasteiger partial charge on any atom is -0.352 e. The Hall–Kier alpha value is -0.870. The minimum atomic E-state index is 0.481. The van der Waals surface area contributed by atoms with Crippen LogP contribution in [-0.4, -0.2) is 35.6 Å². The largest absolute Gasteiger partial charge is 0.352 e. The Labute approximate surface area is 88.3 Å². The van der Waals surface area contributed by atoms with E-state index in [2.05, 4.69) is 27.1 Å². The molecule has 1 aromatic rings. The number of hydrogen-bond acceptors (Lipinski definition) is 4. The first kappa shape index (κ1) is 9.68. The Kier molecular flexibility index (Phi) is 2.84. The highest BCUT2D eigenvalue weighted by Gasteiger charge is 2.18. The normalized spacial score (nSPS) is 22.4. The summed E-state index contributed by atoms with van der Waals surface area (Å²) in [6.07, 6.45) is 3.17. The average Bonchev–Trinajstić information content (AvgIpc) is 2.18. The summed E-state index contributed by atoms with van der Waals surface area (Å²) in [5.74, 6) is 0.843. The van der Waals surface area contributed by atoms with E-state index < -0.39 is 0 Å². The van der Waals surface area contributed by atoms with E-state index in [0.717, 1.165) is 25.5 Å². The number of rotatable bonds is 1. The fourth-order valence-corrected chi connectivity index (χ4v) is 1.89. The van der Waals surface area contributed by atoms with Crippen LogP contribution in [-0.2, 0) is 0 Å². The van der Waals surface area contributed by atoms with Crippen molar-refractivity contribution in [2.24, 2.45) is 0 Å². The van der Waals surface area contributed by atoms with Crippen LogP contribution in [0.2, 0.25) is 5.02 Å². The molecule has 1 aliphatic heterocycles. The minimum absolute atomic E-state index is 0.481. The number of aromatic nitrogens is 2. The fourth-order valence-electron chi connectivity index (χ4n) is 1.66. The van der Waals surface area contributed by atoms with Crippen LogP contribution in [0.1, 0.15) is 6.92 Å². The van der Waals surface area contributed by atoms with Gasteiger partial charge in [-0.3, -0.25) is 0 Å². The summed E-state index contributed by atoms with van der Waals surface area (Å²) in [5, 5.41) is 4.00. The Bertz CT molecular complexity index is 317. The van der Waals surface area contributed by atoms with Crippen LogP contribution in [0.15, 0.2) is 12.5 Å². The van der Waals surface area contributed by atoms with Gasteiger partial charge in [0.1, 0.15) is 11.3 Å². The van der Waals surface area contributed by atoms with Crippen LogP contribution >= 0.6 is 11.6 Å². The molecule has 0 radical (unpaired) electrons. The molecule has 1 N–H and O–H groups in total. The summed E-state index contributed by atoms with van der Waals surface area (Å²) in [5.41, 5.74) is 0. The lowest BCUT2D eigenvalue weighted by atomic mass is 10.2. The molecule has 2 heterocycles. The van der Waals surface area contributed by atoms with Crippen LogP contribution in [0.5, 0.6) is 0 Å². The molecule has 2 rings (SSSR count). The van der Waals surface area contributed by atoms with Crippen LogP contribution in [0.4, 0.5) is 5.82 Å². The second-order valence-electron chi connectivity index (χ2n) is 3.50. The zero-order chi connectivity index (χ0) is 9.97. The van der Waals surface area contributed by atoms with Crippen molar-refractivity contribution >= 4 is 17.4 Å². The van der Waals surface area contributed by atoms with Crippen LogP contribution in [0.3, 0.4) is 0 Å². The maximum absolute atomic E-state index is 6.02. The zero-order valence-corrected chi connectivity index (χ0v) is 8.83. The topological polar surface area (TPSA) is 41.1 Å². The second-order valence-corrected chi connectivity index (χ2v) is 3.90. The molecule has 0 aliphatic carbocycles. The maximum Gasteiger partial charge on any atom is 0.150 e. The van der Waals surface area contributed by atoms with Crippen molar-refractivity contribution in [1.29, 1.82) is 0 Å². The fraction of sp³-hybridized carbons (Fsp3) is 0.556. The molecule has 1 aromatic heterocycles. The van der Waals surface area contributed by atoms with Gasteiger partial charge in [0.25, 0.3) is 0 Å². The summed E-state index contributed by atoms with van der Waals surface area (Å²) in [4.78, 5) is 10.3. The van der Waals surface area contributed by atoms with Gasteiger partial charge in [-0.05, 0) is 6.92 Å². The lowest BCUT2D eigenvalue weighted by molar-refractivity contribution is 0.482. The third-order valence-electron chi connectivity index (χ3n) is 2.32. The van der Waals surface area contributed by atoms with Gasteiger partial charge >= 0.3 is 0 Å². The van der Waals surface area contributed by atoms with Gasteiger partial charge in [-0.25, -0.2) is 9.97 Å². The van der Waals surface area contributed by atoms with E-state index in [0.29, 0.717) is 11.1 Å². The predicted octanol–water partition coefficient (Wildman–Crippen LogP) is 0.928. The van der Waals surface area contributed by atoms with Crippen molar-refractivity contribution < 1.29 is 0 Å². The molecule has 0 bridgehead atoms. The van der Waals surface area contributed by atoms with Gasteiger partial charge in [0.05, 0.1) is 6.20 Å². The van der Waals surface area contributed by atoms with Crippen molar-refractivity contribution in [2.45, 2.75) is 13.0 Å². The number of nitrogens with zero attached hydrogens (tertiary/aromatic N) is 3. The summed E-state index contributed by atoms with van der Waals surface area (Å²) in [7, 11) is 0. The van der Waals surface area contributed by atoms with E-state index >= 15 is 0 Å². The predicted molar refractivity (Wildman–Crippen MR) is 56.7 cm³/mol. The molecule has 14 heavy (non-hydrogen) atoms. The summed E-state index contributed by atoms with van der Waals surface area (Å²) in [6, 6.07) is 0.481. The summed E-state index contributed by atoms with van der Waals surface area (Å²) < 4.78 is 0. The first-order chi connectivity index (χ1) is 6.77. The first-order valence-electron chi connectivity index (χ1n) is 4.71. The number of piperazine rings is 1. The van der Waals surface area contributed by atoms with Crippen molar-refractivity contribution in [1.82, 2.24) is 15.3 Å². The van der Waals surface area contributed by atoms with E-state index in [1.165, 1.54) is 6.33 Å². The van der Waals surface area contributed by atoms with E-state index in [9.17, 15) is 0 Å². The molecule has 1 atom stereocenters. The smallest absolute Gasteiger partial charge is 0.150 e. The monoisotopic (exact) mass is 212 g/mol. The molecule has 1 saturated heterocycles. The highest BCUT2D eigenvalue weighted by atomic mass is 35.5. The lowest BCUT2D eigenvalue weighted by Gasteiger charge is -2.32. The van der Waals surface area contributed by atoms with Gasteiger partial charge in [-0.2, -0.15) is 0 Å². The number of hydrogen-bond donors (Lipinski definition) is 1. The van der Waals surface area contributed by atoms with E-state index in [1.807, 2.05) is 0 Å². The van der Waals surface area contributed by atoms with Crippen LogP contribution < -0.4 is 10.2 Å². The molecule has 0 aromatic carbocycles. The highest BCUT2D eigenvalue weighted by molar-refractivity contribution is 6.32.